The van der Waals surface area contributed by atoms with Gasteiger partial charge >= 0.3 is 0 Å². The summed E-state index contributed by atoms with van der Waals surface area (Å²) in [5, 5.41) is 2.62. The lowest BCUT2D eigenvalue weighted by Crippen LogP contribution is -2.66. The minimum Gasteiger partial charge on any atom is -0.490 e. The first-order valence-electron chi connectivity index (χ1n) is 12.1. The highest BCUT2D eigenvalue weighted by molar-refractivity contribution is 6.68. The molecule has 0 spiro atoms. The normalized spacial score (nSPS) is 22.2. The van der Waals surface area contributed by atoms with Crippen LogP contribution in [-0.4, -0.2) is 85.7 Å². The number of anilines is 3. The van der Waals surface area contributed by atoms with Gasteiger partial charge in [-0.1, -0.05) is 0 Å². The van der Waals surface area contributed by atoms with Gasteiger partial charge in [-0.3, -0.25) is 4.79 Å². The van der Waals surface area contributed by atoms with Gasteiger partial charge in [0.05, 0.1) is 29.2 Å². The number of halogens is 3. The Bertz CT molecular complexity index is 1190. The highest BCUT2D eigenvalue weighted by atomic mass is 19.2. The first-order valence-corrected chi connectivity index (χ1v) is 12.1. The molecule has 7 nitrogen and oxygen atoms in total. The molecule has 2 heterocycles. The van der Waals surface area contributed by atoms with E-state index in [2.05, 4.69) is 49.5 Å². The fourth-order valence-electron chi connectivity index (χ4n) is 4.42. The number of carbonyl (C=O) groups is 1. The van der Waals surface area contributed by atoms with Gasteiger partial charge in [-0.05, 0) is 19.2 Å². The van der Waals surface area contributed by atoms with Crippen LogP contribution in [0.1, 0.15) is 25.5 Å². The smallest absolute Gasteiger partial charge is 0.248 e. The molecule has 1 N–H and O–H groups in total. The molecule has 2 aliphatic rings. The second-order valence-corrected chi connectivity index (χ2v) is 11.3. The molecule has 0 radical (unpaired) electrons. The first-order chi connectivity index (χ1) is 16.6. The Labute approximate surface area is 214 Å². The zero-order valence-electron chi connectivity index (χ0n) is 22.0. The number of fused-ring (bicyclic) bond motifs is 1. The predicted octanol–water partition coefficient (Wildman–Crippen LogP) is -1.71. The van der Waals surface area contributed by atoms with Gasteiger partial charge in [0.2, 0.25) is 11.9 Å². The van der Waals surface area contributed by atoms with Crippen molar-refractivity contribution in [2.45, 2.75) is 55.3 Å². The number of nitrogens with zero attached hydrogens (tertiary/aromatic N) is 4. The summed E-state index contributed by atoms with van der Waals surface area (Å²) in [5.41, 5.74) is 1.40. The minimum atomic E-state index is -1.51. The molecular weight excluding hydrogens is 465 g/mol. The lowest BCUT2D eigenvalue weighted by Gasteiger charge is -2.53. The van der Waals surface area contributed by atoms with Crippen LogP contribution in [0.4, 0.5) is 30.6 Å². The molecule has 1 aliphatic heterocycles. The quantitative estimate of drug-likeness (QED) is 0.381. The van der Waals surface area contributed by atoms with E-state index in [0.29, 0.717) is 36.0 Å². The van der Waals surface area contributed by atoms with Crippen molar-refractivity contribution in [1.29, 1.82) is 0 Å². The van der Waals surface area contributed by atoms with Crippen LogP contribution in [0.3, 0.4) is 0 Å². The van der Waals surface area contributed by atoms with Crippen LogP contribution >= 0.6 is 0 Å². The first kappa shape index (κ1) is 26.4. The molecule has 1 aromatic heterocycles. The van der Waals surface area contributed by atoms with Crippen molar-refractivity contribution in [3.8, 4) is 5.75 Å². The van der Waals surface area contributed by atoms with Crippen molar-refractivity contribution in [3.05, 3.63) is 35.3 Å². The van der Waals surface area contributed by atoms with E-state index in [1.54, 1.807) is 0 Å². The van der Waals surface area contributed by atoms with Gasteiger partial charge in [0.1, 0.15) is 39.3 Å². The van der Waals surface area contributed by atoms with Gasteiger partial charge in [-0.25, -0.2) is 18.2 Å². The maximum Gasteiger partial charge on any atom is 0.248 e. The molecule has 2 aromatic rings. The number of rotatable bonds is 6. The number of aromatic nitrogens is 2. The maximum atomic E-state index is 13.4. The Kier molecular flexibility index (Phi) is 6.58. The number of carbonyl (C=O) groups excluding carboxylic acids is 1. The number of hydrogen-bond donors (Lipinski definition) is 1. The molecule has 0 saturated heterocycles. The predicted molar refractivity (Wildman–Crippen MR) is 148 cm³/mol. The number of benzene rings is 1. The Morgan fingerprint density at radius 1 is 1.08 bits per heavy atom. The zero-order valence-corrected chi connectivity index (χ0v) is 22.0. The highest BCUT2D eigenvalue weighted by Gasteiger charge is 2.47. The van der Waals surface area contributed by atoms with Crippen LogP contribution in [0.15, 0.2) is 12.1 Å². The topological polar surface area (TPSA) is 70.6 Å². The molecule has 1 amide bonds. The van der Waals surface area contributed by atoms with E-state index < -0.39 is 22.8 Å². The number of ether oxygens (including phenoxy) is 1. The molecule has 4 rings (SSSR count). The number of aryl methyl sites for hydroxylation is 1. The molecule has 1 fully saturated rings. The van der Waals surface area contributed by atoms with Gasteiger partial charge in [0.15, 0.2) is 23.3 Å². The Hall–Kier alpha value is -2.72. The van der Waals surface area contributed by atoms with Crippen LogP contribution in [0.25, 0.3) is 0 Å². The highest BCUT2D eigenvalue weighted by Crippen LogP contribution is 2.43. The van der Waals surface area contributed by atoms with Crippen molar-refractivity contribution in [2.75, 3.05) is 22.2 Å². The molecule has 36 heavy (non-hydrogen) atoms. The van der Waals surface area contributed by atoms with Crippen molar-refractivity contribution < 1.29 is 22.7 Å². The molecule has 1 atom stereocenters. The lowest BCUT2D eigenvalue weighted by atomic mass is 9.26. The second-order valence-electron chi connectivity index (χ2n) is 11.3. The van der Waals surface area contributed by atoms with E-state index in [9.17, 15) is 18.0 Å². The molecule has 1 aliphatic carbocycles. The van der Waals surface area contributed by atoms with Crippen molar-refractivity contribution in [2.24, 2.45) is 0 Å². The molecule has 186 valence electrons. The molecule has 1 aromatic carbocycles. The van der Waals surface area contributed by atoms with E-state index in [4.69, 9.17) is 9.72 Å². The van der Waals surface area contributed by atoms with Crippen molar-refractivity contribution in [1.82, 2.24) is 9.97 Å². The van der Waals surface area contributed by atoms with Crippen LogP contribution in [-0.2, 0) is 4.79 Å². The summed E-state index contributed by atoms with van der Waals surface area (Å²) >= 11 is 0. The van der Waals surface area contributed by atoms with E-state index in [1.807, 2.05) is 30.7 Å². The summed E-state index contributed by atoms with van der Waals surface area (Å²) in [6, 6.07) is 1.30. The summed E-state index contributed by atoms with van der Waals surface area (Å²) in [7, 11) is 12.3. The number of nitrogens with one attached hydrogen (secondary N) is 1. The average molecular weight is 495 g/mol. The van der Waals surface area contributed by atoms with E-state index >= 15 is 0 Å². The standard InChI is InChI=1S/C21H29B5F3N5O2/c1-8-16-17(33(3)9(2)18(35)34(16)21(25,26)20(22,23)24)32-19(30-8)31-10-4-11(5-10)36-12-6-13(27)15(29)14(28)7-12/h6-7,9-11H,4-5,22-26H2,1-3H3,(H,30,31,32)/t9-,10-,11-/m0/s1. The Morgan fingerprint density at radius 3 is 2.22 bits per heavy atom. The van der Waals surface area contributed by atoms with Crippen LogP contribution in [0.5, 0.6) is 5.75 Å². The van der Waals surface area contributed by atoms with Gasteiger partial charge in [0.25, 0.3) is 0 Å². The fraction of sp³-hybridized carbons (Fsp3) is 0.476. The van der Waals surface area contributed by atoms with E-state index in [0.717, 1.165) is 12.1 Å². The van der Waals surface area contributed by atoms with Gasteiger partial charge in [-0.2, -0.15) is 4.98 Å². The summed E-state index contributed by atoms with van der Waals surface area (Å²) < 4.78 is 45.7. The maximum absolute atomic E-state index is 13.4. The van der Waals surface area contributed by atoms with Crippen LogP contribution < -0.4 is 19.9 Å². The van der Waals surface area contributed by atoms with E-state index in [-0.39, 0.29) is 35.0 Å². The molecule has 1 saturated carbocycles. The SMILES string of the molecule is BC(B)(B)C(B)(B)N1C(=O)[C@H](C)N(C)c2nc(N[C@H]3C[C@H](Oc4cc(F)c(F)c(F)c4)C3)nc(C)c21. The molecule has 0 unspecified atom stereocenters. The number of amides is 1. The Balaban J connectivity index is 1.53. The monoisotopic (exact) mass is 495 g/mol. The summed E-state index contributed by atoms with van der Waals surface area (Å²) in [6.07, 6.45) is 0.857. The number of likely N-dealkylation sites (N-methyl/N-ethyl adjacent to an activating group) is 1. The number of hydrogen-bond acceptors (Lipinski definition) is 6. The zero-order chi connectivity index (χ0) is 26.7. The van der Waals surface area contributed by atoms with Crippen molar-refractivity contribution >= 4 is 62.6 Å². The largest absolute Gasteiger partial charge is 0.490 e. The third-order valence-electron chi connectivity index (χ3n) is 7.84. The van der Waals surface area contributed by atoms with Gasteiger partial charge in [0, 0.05) is 38.1 Å². The minimum absolute atomic E-state index is 0.00216. The lowest BCUT2D eigenvalue weighted by molar-refractivity contribution is -0.120. The summed E-state index contributed by atoms with van der Waals surface area (Å²) in [4.78, 5) is 26.6. The Morgan fingerprint density at radius 2 is 1.67 bits per heavy atom. The summed E-state index contributed by atoms with van der Waals surface area (Å²) in [6.45, 7) is 3.75. The molecule has 15 heteroatoms. The molecular formula is C21H29B5F3N5O2. The van der Waals surface area contributed by atoms with Gasteiger partial charge < -0.3 is 19.9 Å². The van der Waals surface area contributed by atoms with Crippen LogP contribution in [0, 0.1) is 24.4 Å². The molecule has 0 bridgehead atoms. The van der Waals surface area contributed by atoms with E-state index in [1.165, 1.54) is 0 Å². The van der Waals surface area contributed by atoms with Crippen LogP contribution in [0.2, 0.25) is 5.11 Å². The fourth-order valence-corrected chi connectivity index (χ4v) is 4.42. The average Bonchev–Trinajstić information content (AvgIpc) is 2.74. The third kappa shape index (κ3) is 4.45. The summed E-state index contributed by atoms with van der Waals surface area (Å²) in [5.74, 6) is -2.99. The second kappa shape index (κ2) is 8.99. The third-order valence-corrected chi connectivity index (χ3v) is 7.84. The van der Waals surface area contributed by atoms with Gasteiger partial charge in [-0.15, -0.1) is 5.11 Å². The van der Waals surface area contributed by atoms with Crippen molar-refractivity contribution in [3.63, 3.8) is 0 Å².